The van der Waals surface area contributed by atoms with Gasteiger partial charge in [-0.05, 0) is 31.2 Å². The van der Waals surface area contributed by atoms with Crippen LogP contribution in [0.2, 0.25) is 0 Å². The number of methoxy groups -OCH3 is 1. The van der Waals surface area contributed by atoms with Crippen molar-refractivity contribution in [2.24, 2.45) is 0 Å². The second kappa shape index (κ2) is 7.87. The molecule has 0 atom stereocenters. The molecule has 0 fully saturated rings. The van der Waals surface area contributed by atoms with E-state index in [-0.39, 0.29) is 12.4 Å². The predicted molar refractivity (Wildman–Crippen MR) is 83.2 cm³/mol. The summed E-state index contributed by atoms with van der Waals surface area (Å²) in [4.78, 5) is 14.9. The zero-order valence-electron chi connectivity index (χ0n) is 13.6. The Morgan fingerprint density at radius 1 is 1.12 bits per heavy atom. The van der Waals surface area contributed by atoms with Crippen molar-refractivity contribution in [2.45, 2.75) is 19.7 Å². The van der Waals surface area contributed by atoms with Crippen molar-refractivity contribution in [2.75, 3.05) is 13.7 Å². The van der Waals surface area contributed by atoms with Gasteiger partial charge in [0, 0.05) is 17.3 Å². The molecule has 1 aromatic heterocycles. The van der Waals surface area contributed by atoms with Crippen LogP contribution in [0, 0.1) is 6.92 Å². The maximum absolute atomic E-state index is 12.3. The Kier molecular flexibility index (Phi) is 5.84. The first-order valence-corrected chi connectivity index (χ1v) is 7.24. The number of ether oxygens (including phenoxy) is 3. The first-order valence-electron chi connectivity index (χ1n) is 7.24. The normalized spacial score (nSPS) is 11.1. The lowest BCUT2D eigenvalue weighted by atomic mass is 10.2. The van der Waals surface area contributed by atoms with E-state index in [9.17, 15) is 18.0 Å². The molecule has 0 aliphatic rings. The molecule has 1 aromatic carbocycles. The Morgan fingerprint density at radius 3 is 2.52 bits per heavy atom. The number of nitrogens with zero attached hydrogens (tertiary/aromatic N) is 1. The third-order valence-corrected chi connectivity index (χ3v) is 3.34. The summed E-state index contributed by atoms with van der Waals surface area (Å²) >= 11 is 0. The molecule has 0 N–H and O–H groups in total. The highest BCUT2D eigenvalue weighted by atomic mass is 19.4. The molecule has 0 aliphatic heterocycles. The van der Waals surface area contributed by atoms with Crippen LogP contribution in [0.25, 0.3) is 0 Å². The van der Waals surface area contributed by atoms with Crippen LogP contribution in [-0.4, -0.2) is 31.2 Å². The van der Waals surface area contributed by atoms with Crippen LogP contribution in [0.4, 0.5) is 13.2 Å². The van der Waals surface area contributed by atoms with E-state index in [2.05, 4.69) is 4.98 Å². The minimum atomic E-state index is -4.42. The van der Waals surface area contributed by atoms with Crippen molar-refractivity contribution in [3.05, 3.63) is 47.3 Å². The van der Waals surface area contributed by atoms with Gasteiger partial charge >= 0.3 is 6.18 Å². The molecule has 0 saturated heterocycles. The zero-order valence-corrected chi connectivity index (χ0v) is 13.6. The molecule has 134 valence electrons. The molecule has 8 heteroatoms. The van der Waals surface area contributed by atoms with Crippen LogP contribution >= 0.6 is 0 Å². The largest absolute Gasteiger partial charge is 0.493 e. The monoisotopic (exact) mass is 355 g/mol. The Hall–Kier alpha value is -2.77. The SMILES string of the molecule is COc1cc(C=O)ccc1OCc1nccc(OCC(F)(F)F)c1C. The summed E-state index contributed by atoms with van der Waals surface area (Å²) in [6.45, 7) is 0.231. The summed E-state index contributed by atoms with van der Waals surface area (Å²) in [6.07, 6.45) is -2.39. The molecule has 0 aliphatic carbocycles. The van der Waals surface area contributed by atoms with Gasteiger partial charge in [-0.25, -0.2) is 0 Å². The Labute approximate surface area is 142 Å². The number of carbonyl (C=O) groups is 1. The van der Waals surface area contributed by atoms with Crippen molar-refractivity contribution in [1.82, 2.24) is 4.98 Å². The van der Waals surface area contributed by atoms with E-state index < -0.39 is 12.8 Å². The molecular weight excluding hydrogens is 339 g/mol. The lowest BCUT2D eigenvalue weighted by molar-refractivity contribution is -0.153. The van der Waals surface area contributed by atoms with E-state index >= 15 is 0 Å². The zero-order chi connectivity index (χ0) is 18.4. The Bertz CT molecular complexity index is 747. The molecule has 0 radical (unpaired) electrons. The van der Waals surface area contributed by atoms with Crippen molar-refractivity contribution >= 4 is 6.29 Å². The number of hydrogen-bond acceptors (Lipinski definition) is 5. The van der Waals surface area contributed by atoms with Crippen LogP contribution in [-0.2, 0) is 6.61 Å². The summed E-state index contributed by atoms with van der Waals surface area (Å²) in [5.41, 5.74) is 1.32. The van der Waals surface area contributed by atoms with Gasteiger partial charge in [0.1, 0.15) is 18.6 Å². The van der Waals surface area contributed by atoms with Gasteiger partial charge in [-0.2, -0.15) is 13.2 Å². The molecule has 5 nitrogen and oxygen atoms in total. The summed E-state index contributed by atoms with van der Waals surface area (Å²) < 4.78 is 52.4. The molecule has 0 spiro atoms. The summed E-state index contributed by atoms with van der Waals surface area (Å²) in [5.74, 6) is 0.844. The fraction of sp³-hybridized carbons (Fsp3) is 0.294. The quantitative estimate of drug-likeness (QED) is 0.709. The standard InChI is InChI=1S/C17H16F3NO4/c1-11-13(21-6-5-14(11)25-10-17(18,19)20)9-24-15-4-3-12(8-22)7-16(15)23-2/h3-8H,9-10H2,1-2H3. The number of aromatic nitrogens is 1. The smallest absolute Gasteiger partial charge is 0.422 e. The van der Waals surface area contributed by atoms with Crippen molar-refractivity contribution in [3.63, 3.8) is 0 Å². The number of alkyl halides is 3. The van der Waals surface area contributed by atoms with Crippen molar-refractivity contribution < 1.29 is 32.2 Å². The van der Waals surface area contributed by atoms with E-state index in [0.717, 1.165) is 0 Å². The Balaban J connectivity index is 2.12. The van der Waals surface area contributed by atoms with Crippen LogP contribution in [0.5, 0.6) is 17.2 Å². The first-order chi connectivity index (χ1) is 11.8. The molecule has 0 bridgehead atoms. The fourth-order valence-corrected chi connectivity index (χ4v) is 2.04. The van der Waals surface area contributed by atoms with Gasteiger partial charge in [0.2, 0.25) is 0 Å². The maximum atomic E-state index is 12.3. The highest BCUT2D eigenvalue weighted by Gasteiger charge is 2.28. The lowest BCUT2D eigenvalue weighted by Crippen LogP contribution is -2.20. The van der Waals surface area contributed by atoms with E-state index in [1.165, 1.54) is 25.4 Å². The topological polar surface area (TPSA) is 57.7 Å². The maximum Gasteiger partial charge on any atom is 0.422 e. The Morgan fingerprint density at radius 2 is 1.88 bits per heavy atom. The average Bonchev–Trinajstić information content (AvgIpc) is 2.59. The van der Waals surface area contributed by atoms with Crippen molar-refractivity contribution in [1.29, 1.82) is 0 Å². The number of halogens is 3. The average molecular weight is 355 g/mol. The summed E-state index contributed by atoms with van der Waals surface area (Å²) in [7, 11) is 1.44. The minimum absolute atomic E-state index is 0.00580. The second-order valence-corrected chi connectivity index (χ2v) is 5.10. The van der Waals surface area contributed by atoms with Crippen LogP contribution in [0.3, 0.4) is 0 Å². The second-order valence-electron chi connectivity index (χ2n) is 5.10. The number of pyridine rings is 1. The van der Waals surface area contributed by atoms with Crippen LogP contribution < -0.4 is 14.2 Å². The third kappa shape index (κ3) is 5.10. The summed E-state index contributed by atoms with van der Waals surface area (Å²) in [6, 6.07) is 6.02. The molecule has 1 heterocycles. The molecular formula is C17H16F3NO4. The number of aldehydes is 1. The van der Waals surface area contributed by atoms with Gasteiger partial charge in [0.05, 0.1) is 12.8 Å². The van der Waals surface area contributed by atoms with E-state index in [1.807, 2.05) is 0 Å². The number of hydrogen-bond donors (Lipinski definition) is 0. The van der Waals surface area contributed by atoms with E-state index in [1.54, 1.807) is 19.1 Å². The van der Waals surface area contributed by atoms with Gasteiger partial charge < -0.3 is 14.2 Å². The number of carbonyl (C=O) groups excluding carboxylic acids is 1. The van der Waals surface area contributed by atoms with Crippen LogP contribution in [0.15, 0.2) is 30.5 Å². The third-order valence-electron chi connectivity index (χ3n) is 3.34. The molecule has 0 amide bonds. The molecule has 2 aromatic rings. The van der Waals surface area contributed by atoms with Gasteiger partial charge in [0.25, 0.3) is 0 Å². The lowest BCUT2D eigenvalue weighted by Gasteiger charge is -2.15. The number of rotatable bonds is 7. The van der Waals surface area contributed by atoms with Gasteiger partial charge in [-0.15, -0.1) is 0 Å². The first kappa shape index (κ1) is 18.6. The molecule has 2 rings (SSSR count). The summed E-state index contributed by atoms with van der Waals surface area (Å²) in [5, 5.41) is 0. The molecule has 25 heavy (non-hydrogen) atoms. The predicted octanol–water partition coefficient (Wildman–Crippen LogP) is 3.73. The molecule has 0 unspecified atom stereocenters. The van der Waals surface area contributed by atoms with Crippen molar-refractivity contribution in [3.8, 4) is 17.2 Å². The minimum Gasteiger partial charge on any atom is -0.493 e. The highest BCUT2D eigenvalue weighted by Crippen LogP contribution is 2.29. The van der Waals surface area contributed by atoms with Crippen LogP contribution in [0.1, 0.15) is 21.6 Å². The fourth-order valence-electron chi connectivity index (χ4n) is 2.04. The van der Waals surface area contributed by atoms with E-state index in [4.69, 9.17) is 14.2 Å². The van der Waals surface area contributed by atoms with E-state index in [0.29, 0.717) is 34.6 Å². The van der Waals surface area contributed by atoms with Gasteiger partial charge in [0.15, 0.2) is 18.1 Å². The molecule has 0 saturated carbocycles. The highest BCUT2D eigenvalue weighted by molar-refractivity contribution is 5.76. The number of benzene rings is 1. The van der Waals surface area contributed by atoms with Gasteiger partial charge in [-0.1, -0.05) is 0 Å². The van der Waals surface area contributed by atoms with Gasteiger partial charge in [-0.3, -0.25) is 9.78 Å².